The van der Waals surface area contributed by atoms with Crippen molar-refractivity contribution in [1.29, 1.82) is 0 Å². The van der Waals surface area contributed by atoms with Gasteiger partial charge in [0.1, 0.15) is 5.75 Å². The lowest BCUT2D eigenvalue weighted by molar-refractivity contribution is -0.119. The van der Waals surface area contributed by atoms with E-state index in [1.807, 2.05) is 24.3 Å². The van der Waals surface area contributed by atoms with Crippen molar-refractivity contribution < 1.29 is 9.90 Å². The van der Waals surface area contributed by atoms with Gasteiger partial charge in [-0.1, -0.05) is 15.9 Å². The first-order valence-electron chi connectivity index (χ1n) is 6.24. The number of nitrogens with zero attached hydrogens (tertiary/aromatic N) is 1. The number of hydrogen-bond donors (Lipinski definition) is 3. The highest BCUT2D eigenvalue weighted by atomic mass is 79.9. The zero-order valence-electron chi connectivity index (χ0n) is 11.1. The fourth-order valence-corrected chi connectivity index (χ4v) is 1.79. The first kappa shape index (κ1) is 15.1. The summed E-state index contributed by atoms with van der Waals surface area (Å²) >= 11 is 3.34. The molecule has 0 saturated heterocycles. The molecule has 0 spiro atoms. The zero-order chi connectivity index (χ0) is 15.1. The average Bonchev–Trinajstić information content (AvgIpc) is 2.49. The number of phenols is 1. The van der Waals surface area contributed by atoms with E-state index in [1.54, 1.807) is 24.3 Å². The van der Waals surface area contributed by atoms with Gasteiger partial charge < -0.3 is 10.4 Å². The topological polar surface area (TPSA) is 73.7 Å². The quantitative estimate of drug-likeness (QED) is 0.575. The Kier molecular flexibility index (Phi) is 5.34. The molecule has 2 aromatic rings. The maximum atomic E-state index is 11.6. The van der Waals surface area contributed by atoms with Crippen LogP contribution in [0.15, 0.2) is 58.1 Å². The Balaban J connectivity index is 1.77. The molecule has 2 rings (SSSR count). The zero-order valence-corrected chi connectivity index (χ0v) is 12.7. The summed E-state index contributed by atoms with van der Waals surface area (Å²) in [4.78, 5) is 11.6. The minimum atomic E-state index is -0.243. The summed E-state index contributed by atoms with van der Waals surface area (Å²) in [5.74, 6) is -0.0529. The molecule has 0 aliphatic rings. The SMILES string of the molecule is O=C(CNc1ccc(Br)cc1)N/N=C/c1ccc(O)cc1. The fourth-order valence-electron chi connectivity index (χ4n) is 1.53. The normalized spacial score (nSPS) is 10.5. The molecular formula is C15H14BrN3O2. The summed E-state index contributed by atoms with van der Waals surface area (Å²) in [6, 6.07) is 14.0. The number of carbonyl (C=O) groups excluding carboxylic acids is 1. The Bertz CT molecular complexity index is 624. The van der Waals surface area contributed by atoms with E-state index in [0.29, 0.717) is 0 Å². The molecule has 0 aliphatic heterocycles. The molecule has 0 aromatic heterocycles. The Morgan fingerprint density at radius 2 is 1.81 bits per heavy atom. The van der Waals surface area contributed by atoms with Crippen LogP contribution < -0.4 is 10.7 Å². The van der Waals surface area contributed by atoms with Crippen LogP contribution in [0.25, 0.3) is 0 Å². The molecule has 0 heterocycles. The molecule has 0 fully saturated rings. The van der Waals surface area contributed by atoms with Crippen molar-refractivity contribution in [2.45, 2.75) is 0 Å². The molecule has 6 heteroatoms. The van der Waals surface area contributed by atoms with Gasteiger partial charge in [0.25, 0.3) is 5.91 Å². The first-order valence-corrected chi connectivity index (χ1v) is 7.03. The number of nitrogens with one attached hydrogen (secondary N) is 2. The number of rotatable bonds is 5. The molecule has 2 aromatic carbocycles. The molecule has 5 nitrogen and oxygen atoms in total. The Labute approximate surface area is 130 Å². The summed E-state index contributed by atoms with van der Waals surface area (Å²) < 4.78 is 0.982. The van der Waals surface area contributed by atoms with Gasteiger partial charge in [-0.3, -0.25) is 4.79 Å². The Morgan fingerprint density at radius 1 is 1.14 bits per heavy atom. The monoisotopic (exact) mass is 347 g/mol. The molecule has 3 N–H and O–H groups in total. The summed E-state index contributed by atoms with van der Waals surface area (Å²) in [5, 5.41) is 16.0. The van der Waals surface area contributed by atoms with Crippen LogP contribution in [0.4, 0.5) is 5.69 Å². The third-order valence-corrected chi connectivity index (χ3v) is 3.12. The van der Waals surface area contributed by atoms with Crippen LogP contribution in [-0.2, 0) is 4.79 Å². The predicted molar refractivity (Wildman–Crippen MR) is 86.5 cm³/mol. The fraction of sp³-hybridized carbons (Fsp3) is 0.0667. The van der Waals surface area contributed by atoms with E-state index in [9.17, 15) is 4.79 Å². The van der Waals surface area contributed by atoms with Crippen LogP contribution in [0.1, 0.15) is 5.56 Å². The summed E-state index contributed by atoms with van der Waals surface area (Å²) in [7, 11) is 0. The average molecular weight is 348 g/mol. The maximum absolute atomic E-state index is 11.6. The van der Waals surface area contributed by atoms with Gasteiger partial charge in [0.15, 0.2) is 0 Å². The van der Waals surface area contributed by atoms with Crippen LogP contribution in [0.5, 0.6) is 5.75 Å². The second-order valence-electron chi connectivity index (χ2n) is 4.25. The molecule has 0 radical (unpaired) electrons. The number of hydrogen-bond acceptors (Lipinski definition) is 4. The van der Waals surface area contributed by atoms with Gasteiger partial charge in [-0.25, -0.2) is 5.43 Å². The van der Waals surface area contributed by atoms with E-state index in [2.05, 4.69) is 31.8 Å². The summed E-state index contributed by atoms with van der Waals surface area (Å²) in [6.07, 6.45) is 1.51. The van der Waals surface area contributed by atoms with Crippen molar-refractivity contribution in [1.82, 2.24) is 5.43 Å². The van der Waals surface area contributed by atoms with Gasteiger partial charge in [0.2, 0.25) is 0 Å². The molecule has 0 aliphatic carbocycles. The Hall–Kier alpha value is -2.34. The minimum Gasteiger partial charge on any atom is -0.508 e. The van der Waals surface area contributed by atoms with E-state index in [-0.39, 0.29) is 18.2 Å². The second-order valence-corrected chi connectivity index (χ2v) is 5.16. The first-order chi connectivity index (χ1) is 10.1. The molecule has 21 heavy (non-hydrogen) atoms. The number of anilines is 1. The van der Waals surface area contributed by atoms with Gasteiger partial charge in [-0.15, -0.1) is 0 Å². The van der Waals surface area contributed by atoms with Crippen LogP contribution in [0.3, 0.4) is 0 Å². The molecule has 0 saturated carbocycles. The minimum absolute atomic E-state index is 0.133. The number of benzene rings is 2. The highest BCUT2D eigenvalue weighted by Crippen LogP contribution is 2.13. The standard InChI is InChI=1S/C15H14BrN3O2/c16-12-3-5-13(6-4-12)17-10-15(21)19-18-9-11-1-7-14(20)8-2-11/h1-9,17,20H,10H2,(H,19,21)/b18-9+. The van der Waals surface area contributed by atoms with Gasteiger partial charge >= 0.3 is 0 Å². The number of amides is 1. The van der Waals surface area contributed by atoms with Gasteiger partial charge in [-0.2, -0.15) is 5.10 Å². The lowest BCUT2D eigenvalue weighted by atomic mass is 10.2. The van der Waals surface area contributed by atoms with Gasteiger partial charge in [0, 0.05) is 10.2 Å². The highest BCUT2D eigenvalue weighted by Gasteiger charge is 1.99. The smallest absolute Gasteiger partial charge is 0.259 e. The van der Waals surface area contributed by atoms with Crippen LogP contribution in [0, 0.1) is 0 Å². The number of phenolic OH excluding ortho intramolecular Hbond substituents is 1. The van der Waals surface area contributed by atoms with Gasteiger partial charge in [0.05, 0.1) is 12.8 Å². The van der Waals surface area contributed by atoms with Crippen LogP contribution in [0.2, 0.25) is 0 Å². The van der Waals surface area contributed by atoms with Crippen molar-refractivity contribution in [2.24, 2.45) is 5.10 Å². The summed E-state index contributed by atoms with van der Waals surface area (Å²) in [5.41, 5.74) is 4.07. The molecule has 0 bridgehead atoms. The molecular weight excluding hydrogens is 334 g/mol. The van der Waals surface area contributed by atoms with Crippen LogP contribution >= 0.6 is 15.9 Å². The van der Waals surface area contributed by atoms with E-state index < -0.39 is 0 Å². The van der Waals surface area contributed by atoms with E-state index >= 15 is 0 Å². The van der Waals surface area contributed by atoms with Crippen molar-refractivity contribution >= 4 is 33.7 Å². The van der Waals surface area contributed by atoms with Crippen molar-refractivity contribution in [3.05, 3.63) is 58.6 Å². The maximum Gasteiger partial charge on any atom is 0.259 e. The van der Waals surface area contributed by atoms with E-state index in [1.165, 1.54) is 6.21 Å². The highest BCUT2D eigenvalue weighted by molar-refractivity contribution is 9.10. The Morgan fingerprint density at radius 3 is 2.48 bits per heavy atom. The van der Waals surface area contributed by atoms with Gasteiger partial charge in [-0.05, 0) is 54.1 Å². The van der Waals surface area contributed by atoms with E-state index in [4.69, 9.17) is 5.11 Å². The lowest BCUT2D eigenvalue weighted by Gasteiger charge is -2.05. The molecule has 0 atom stereocenters. The summed E-state index contributed by atoms with van der Waals surface area (Å²) in [6.45, 7) is 0.133. The third kappa shape index (κ3) is 5.27. The number of aromatic hydroxyl groups is 1. The molecule has 1 amide bonds. The second kappa shape index (κ2) is 7.44. The largest absolute Gasteiger partial charge is 0.508 e. The number of carbonyl (C=O) groups is 1. The van der Waals surface area contributed by atoms with Crippen molar-refractivity contribution in [3.8, 4) is 5.75 Å². The molecule has 108 valence electrons. The van der Waals surface area contributed by atoms with Crippen LogP contribution in [-0.4, -0.2) is 23.8 Å². The number of halogens is 1. The van der Waals surface area contributed by atoms with Crippen molar-refractivity contribution in [2.75, 3.05) is 11.9 Å². The predicted octanol–water partition coefficient (Wildman–Crippen LogP) is 2.72. The van der Waals surface area contributed by atoms with Crippen molar-refractivity contribution in [3.63, 3.8) is 0 Å². The third-order valence-electron chi connectivity index (χ3n) is 2.59. The lowest BCUT2D eigenvalue weighted by Crippen LogP contribution is -2.25. The number of hydrazone groups is 1. The molecule has 0 unspecified atom stereocenters. The van der Waals surface area contributed by atoms with E-state index in [0.717, 1.165) is 15.7 Å².